The Balaban J connectivity index is 2.57. The molecule has 0 aliphatic heterocycles. The lowest BCUT2D eigenvalue weighted by Crippen LogP contribution is -2.24. The Morgan fingerprint density at radius 1 is 1.26 bits per heavy atom. The quantitative estimate of drug-likeness (QED) is 0.539. The summed E-state index contributed by atoms with van der Waals surface area (Å²) < 4.78 is 0. The van der Waals surface area contributed by atoms with Crippen LogP contribution >= 0.6 is 0 Å². The number of likely N-dealkylation sites (N-methyl/N-ethyl adjacent to an activating group) is 1. The first-order valence-corrected chi connectivity index (χ1v) is 7.31. The van der Waals surface area contributed by atoms with Crippen LogP contribution in [0.15, 0.2) is 36.4 Å². The van der Waals surface area contributed by atoms with Crippen LogP contribution in [0, 0.1) is 0 Å². The molecule has 0 aliphatic carbocycles. The van der Waals surface area contributed by atoms with Crippen molar-refractivity contribution in [2.75, 3.05) is 19.6 Å². The van der Waals surface area contributed by atoms with Gasteiger partial charge in [0, 0.05) is 19.6 Å². The second-order valence-electron chi connectivity index (χ2n) is 5.26. The van der Waals surface area contributed by atoms with Gasteiger partial charge in [-0.2, -0.15) is 0 Å². The SMILES string of the molecule is C=C(C)CN(CC)Cc1cccc(CNCCC)c1. The highest BCUT2D eigenvalue weighted by Gasteiger charge is 2.04. The molecule has 0 atom stereocenters. The fourth-order valence-corrected chi connectivity index (χ4v) is 2.17. The molecule has 0 saturated heterocycles. The van der Waals surface area contributed by atoms with E-state index < -0.39 is 0 Å². The van der Waals surface area contributed by atoms with Crippen LogP contribution in [0.2, 0.25) is 0 Å². The van der Waals surface area contributed by atoms with E-state index in [1.54, 1.807) is 0 Å². The van der Waals surface area contributed by atoms with Crippen molar-refractivity contribution in [2.24, 2.45) is 0 Å². The Bertz CT molecular complexity index is 385. The first-order valence-electron chi connectivity index (χ1n) is 7.31. The Kier molecular flexibility index (Phi) is 7.46. The predicted molar refractivity (Wildman–Crippen MR) is 84.2 cm³/mol. The molecule has 19 heavy (non-hydrogen) atoms. The van der Waals surface area contributed by atoms with E-state index in [1.807, 2.05) is 0 Å². The van der Waals surface area contributed by atoms with Crippen molar-refractivity contribution in [1.29, 1.82) is 0 Å². The molecule has 106 valence electrons. The maximum atomic E-state index is 4.00. The summed E-state index contributed by atoms with van der Waals surface area (Å²) in [6, 6.07) is 8.88. The summed E-state index contributed by atoms with van der Waals surface area (Å²) in [7, 11) is 0. The highest BCUT2D eigenvalue weighted by atomic mass is 15.1. The maximum Gasteiger partial charge on any atom is 0.0237 e. The molecule has 2 heteroatoms. The number of hydrogen-bond acceptors (Lipinski definition) is 2. The molecule has 0 amide bonds. The second-order valence-corrected chi connectivity index (χ2v) is 5.26. The fourth-order valence-electron chi connectivity index (χ4n) is 2.17. The van der Waals surface area contributed by atoms with Gasteiger partial charge in [-0.3, -0.25) is 4.90 Å². The molecular formula is C17H28N2. The third-order valence-electron chi connectivity index (χ3n) is 3.09. The van der Waals surface area contributed by atoms with Crippen LogP contribution in [0.5, 0.6) is 0 Å². The Labute approximate surface area is 118 Å². The van der Waals surface area contributed by atoms with Crippen LogP contribution in [0.4, 0.5) is 0 Å². The third kappa shape index (κ3) is 6.55. The van der Waals surface area contributed by atoms with Crippen molar-refractivity contribution in [3.63, 3.8) is 0 Å². The van der Waals surface area contributed by atoms with E-state index in [9.17, 15) is 0 Å². The number of hydrogen-bond donors (Lipinski definition) is 1. The average Bonchev–Trinajstić information content (AvgIpc) is 2.38. The van der Waals surface area contributed by atoms with Gasteiger partial charge in [0.2, 0.25) is 0 Å². The van der Waals surface area contributed by atoms with Crippen molar-refractivity contribution in [3.05, 3.63) is 47.5 Å². The van der Waals surface area contributed by atoms with E-state index >= 15 is 0 Å². The number of benzene rings is 1. The molecule has 0 unspecified atom stereocenters. The average molecular weight is 260 g/mol. The van der Waals surface area contributed by atoms with Gasteiger partial charge >= 0.3 is 0 Å². The zero-order valence-electron chi connectivity index (χ0n) is 12.7. The number of nitrogens with one attached hydrogen (secondary N) is 1. The van der Waals surface area contributed by atoms with Crippen molar-refractivity contribution >= 4 is 0 Å². The van der Waals surface area contributed by atoms with Gasteiger partial charge in [0.15, 0.2) is 0 Å². The molecule has 1 rings (SSSR count). The Morgan fingerprint density at radius 2 is 2.00 bits per heavy atom. The van der Waals surface area contributed by atoms with E-state index in [0.29, 0.717) is 0 Å². The number of nitrogens with zero attached hydrogens (tertiary/aromatic N) is 1. The minimum atomic E-state index is 0.967. The summed E-state index contributed by atoms with van der Waals surface area (Å²) in [5.74, 6) is 0. The fraction of sp³-hybridized carbons (Fsp3) is 0.529. The summed E-state index contributed by atoms with van der Waals surface area (Å²) in [6.45, 7) is 15.6. The summed E-state index contributed by atoms with van der Waals surface area (Å²) in [4.78, 5) is 2.42. The summed E-state index contributed by atoms with van der Waals surface area (Å²) >= 11 is 0. The molecule has 0 saturated carbocycles. The van der Waals surface area contributed by atoms with Gasteiger partial charge in [-0.25, -0.2) is 0 Å². The molecule has 0 radical (unpaired) electrons. The third-order valence-corrected chi connectivity index (χ3v) is 3.09. The van der Waals surface area contributed by atoms with Crippen molar-refractivity contribution in [3.8, 4) is 0 Å². The molecule has 0 aromatic heterocycles. The molecule has 0 bridgehead atoms. The van der Waals surface area contributed by atoms with Gasteiger partial charge in [-0.1, -0.05) is 50.3 Å². The van der Waals surface area contributed by atoms with E-state index in [2.05, 4.69) is 61.8 Å². The topological polar surface area (TPSA) is 15.3 Å². The van der Waals surface area contributed by atoms with Crippen LogP contribution in [0.1, 0.15) is 38.3 Å². The highest BCUT2D eigenvalue weighted by Crippen LogP contribution is 2.09. The predicted octanol–water partition coefficient (Wildman–Crippen LogP) is 3.58. The lowest BCUT2D eigenvalue weighted by Gasteiger charge is -2.20. The van der Waals surface area contributed by atoms with Gasteiger partial charge in [-0.05, 0) is 37.6 Å². The molecule has 0 spiro atoms. The van der Waals surface area contributed by atoms with Gasteiger partial charge in [0.25, 0.3) is 0 Å². The first-order chi connectivity index (χ1) is 9.15. The largest absolute Gasteiger partial charge is 0.313 e. The van der Waals surface area contributed by atoms with Crippen LogP contribution in [-0.2, 0) is 13.1 Å². The molecule has 0 aliphatic rings. The molecule has 1 aromatic carbocycles. The lowest BCUT2D eigenvalue weighted by atomic mass is 10.1. The van der Waals surface area contributed by atoms with E-state index in [4.69, 9.17) is 0 Å². The van der Waals surface area contributed by atoms with E-state index in [-0.39, 0.29) is 0 Å². The molecule has 0 fully saturated rings. The monoisotopic (exact) mass is 260 g/mol. The summed E-state index contributed by atoms with van der Waals surface area (Å²) in [5, 5.41) is 3.45. The van der Waals surface area contributed by atoms with Crippen molar-refractivity contribution in [2.45, 2.75) is 40.3 Å². The van der Waals surface area contributed by atoms with Crippen LogP contribution < -0.4 is 5.32 Å². The number of rotatable bonds is 9. The summed E-state index contributed by atoms with van der Waals surface area (Å²) in [6.07, 6.45) is 1.18. The first kappa shape index (κ1) is 15.9. The van der Waals surface area contributed by atoms with Gasteiger partial charge in [-0.15, -0.1) is 0 Å². The van der Waals surface area contributed by atoms with E-state index in [1.165, 1.54) is 23.1 Å². The standard InChI is InChI=1S/C17H28N2/c1-5-10-18-12-16-8-7-9-17(11-16)14-19(6-2)13-15(3)4/h7-9,11,18H,3,5-6,10,12-14H2,1-2,4H3. The zero-order chi connectivity index (χ0) is 14.1. The highest BCUT2D eigenvalue weighted by molar-refractivity contribution is 5.23. The summed E-state index contributed by atoms with van der Waals surface area (Å²) in [5.41, 5.74) is 3.99. The zero-order valence-corrected chi connectivity index (χ0v) is 12.7. The minimum absolute atomic E-state index is 0.967. The molecule has 0 heterocycles. The van der Waals surface area contributed by atoms with Crippen molar-refractivity contribution in [1.82, 2.24) is 10.2 Å². The van der Waals surface area contributed by atoms with Crippen LogP contribution in [-0.4, -0.2) is 24.5 Å². The molecular weight excluding hydrogens is 232 g/mol. The second kappa shape index (κ2) is 8.89. The Hall–Kier alpha value is -1.12. The van der Waals surface area contributed by atoms with Gasteiger partial charge in [0.1, 0.15) is 0 Å². The maximum absolute atomic E-state index is 4.00. The van der Waals surface area contributed by atoms with Gasteiger partial charge in [0.05, 0.1) is 0 Å². The molecule has 1 aromatic rings. The van der Waals surface area contributed by atoms with Crippen LogP contribution in [0.3, 0.4) is 0 Å². The lowest BCUT2D eigenvalue weighted by molar-refractivity contribution is 0.304. The Morgan fingerprint density at radius 3 is 2.63 bits per heavy atom. The van der Waals surface area contributed by atoms with Crippen LogP contribution in [0.25, 0.3) is 0 Å². The smallest absolute Gasteiger partial charge is 0.0237 e. The minimum Gasteiger partial charge on any atom is -0.313 e. The van der Waals surface area contributed by atoms with Crippen molar-refractivity contribution < 1.29 is 0 Å². The van der Waals surface area contributed by atoms with Gasteiger partial charge < -0.3 is 5.32 Å². The van der Waals surface area contributed by atoms with E-state index in [0.717, 1.165) is 32.7 Å². The normalized spacial score (nSPS) is 10.9. The molecule has 1 N–H and O–H groups in total. The molecule has 2 nitrogen and oxygen atoms in total.